The number of hydrogen-bond acceptors (Lipinski definition) is 6. The summed E-state index contributed by atoms with van der Waals surface area (Å²) in [5.41, 5.74) is 2.61. The molecule has 1 N–H and O–H groups in total. The van der Waals surface area contributed by atoms with Gasteiger partial charge in [-0.2, -0.15) is 0 Å². The molecule has 0 saturated carbocycles. The molecular formula is C24H26FN5OS. The van der Waals surface area contributed by atoms with Gasteiger partial charge < -0.3 is 15.1 Å². The fourth-order valence-electron chi connectivity index (χ4n) is 3.74. The Hall–Kier alpha value is -3.13. The summed E-state index contributed by atoms with van der Waals surface area (Å²) in [6.07, 6.45) is 2.40. The van der Waals surface area contributed by atoms with Gasteiger partial charge in [-0.05, 0) is 30.2 Å². The number of aromatic nitrogens is 2. The number of aryl methyl sites for hydroxylation is 1. The monoisotopic (exact) mass is 451 g/mol. The minimum Gasteiger partial charge on any atom is -0.366 e. The first-order valence-electron chi connectivity index (χ1n) is 10.7. The summed E-state index contributed by atoms with van der Waals surface area (Å²) >= 11 is 1.39. The van der Waals surface area contributed by atoms with Crippen LogP contribution in [0.2, 0.25) is 0 Å². The molecule has 8 heteroatoms. The summed E-state index contributed by atoms with van der Waals surface area (Å²) in [4.78, 5) is 25.4. The lowest BCUT2D eigenvalue weighted by Gasteiger charge is -2.36. The number of carbonyl (C=O) groups excluding carboxylic acids is 1. The van der Waals surface area contributed by atoms with Crippen molar-refractivity contribution in [3.8, 4) is 0 Å². The number of benzene rings is 2. The lowest BCUT2D eigenvalue weighted by molar-refractivity contribution is -0.113. The van der Waals surface area contributed by atoms with E-state index >= 15 is 0 Å². The van der Waals surface area contributed by atoms with E-state index in [1.807, 2.05) is 42.5 Å². The third-order valence-corrected chi connectivity index (χ3v) is 6.37. The number of rotatable bonds is 7. The number of halogens is 1. The maximum atomic E-state index is 14.1. The maximum absolute atomic E-state index is 14.1. The number of anilines is 3. The SMILES string of the molecule is CCc1ccccc1NC(=O)CSc1cc(N2CCN(c3ccccc3F)CC2)ncn1. The molecule has 0 radical (unpaired) electrons. The molecule has 1 aliphatic rings. The van der Waals surface area contributed by atoms with E-state index in [0.29, 0.717) is 18.8 Å². The van der Waals surface area contributed by atoms with E-state index in [1.54, 1.807) is 6.07 Å². The van der Waals surface area contributed by atoms with E-state index in [2.05, 4.69) is 32.0 Å². The van der Waals surface area contributed by atoms with Crippen molar-refractivity contribution >= 4 is 34.9 Å². The van der Waals surface area contributed by atoms with Crippen molar-refractivity contribution in [1.82, 2.24) is 9.97 Å². The highest BCUT2D eigenvalue weighted by Gasteiger charge is 2.20. The van der Waals surface area contributed by atoms with Gasteiger partial charge in [-0.25, -0.2) is 14.4 Å². The molecule has 0 unspecified atom stereocenters. The first-order valence-corrected chi connectivity index (χ1v) is 11.7. The Bertz CT molecular complexity index is 1070. The highest BCUT2D eigenvalue weighted by molar-refractivity contribution is 7.99. The second-order valence-electron chi connectivity index (χ2n) is 7.49. The van der Waals surface area contributed by atoms with Crippen LogP contribution < -0.4 is 15.1 Å². The lowest BCUT2D eigenvalue weighted by atomic mass is 10.1. The molecule has 0 atom stereocenters. The van der Waals surface area contributed by atoms with Crippen LogP contribution in [-0.4, -0.2) is 47.8 Å². The number of nitrogens with one attached hydrogen (secondary N) is 1. The van der Waals surface area contributed by atoms with Crippen LogP contribution in [0.4, 0.5) is 21.6 Å². The van der Waals surface area contributed by atoms with Gasteiger partial charge in [0.1, 0.15) is 23.0 Å². The van der Waals surface area contributed by atoms with Gasteiger partial charge in [0, 0.05) is 37.9 Å². The molecule has 3 aromatic rings. The average Bonchev–Trinajstić information content (AvgIpc) is 2.84. The summed E-state index contributed by atoms with van der Waals surface area (Å²) in [7, 11) is 0. The van der Waals surface area contributed by atoms with Crippen molar-refractivity contribution < 1.29 is 9.18 Å². The van der Waals surface area contributed by atoms with Crippen molar-refractivity contribution in [2.24, 2.45) is 0 Å². The smallest absolute Gasteiger partial charge is 0.234 e. The zero-order valence-electron chi connectivity index (χ0n) is 18.0. The molecule has 1 saturated heterocycles. The fourth-order valence-corrected chi connectivity index (χ4v) is 4.40. The zero-order chi connectivity index (χ0) is 22.3. The standard InChI is InChI=1S/C24H26FN5OS/c1-2-18-7-3-5-9-20(18)28-23(31)16-32-24-15-22(26-17-27-24)30-13-11-29(12-14-30)21-10-6-4-8-19(21)25/h3-10,15,17H,2,11-14,16H2,1H3,(H,28,31). The van der Waals surface area contributed by atoms with E-state index in [9.17, 15) is 9.18 Å². The number of nitrogens with zero attached hydrogens (tertiary/aromatic N) is 4. The van der Waals surface area contributed by atoms with Crippen LogP contribution >= 0.6 is 11.8 Å². The first-order chi connectivity index (χ1) is 15.6. The molecule has 166 valence electrons. The molecule has 1 aliphatic heterocycles. The van der Waals surface area contributed by atoms with Crippen LogP contribution in [0.5, 0.6) is 0 Å². The number of carbonyl (C=O) groups is 1. The Morgan fingerprint density at radius 2 is 1.75 bits per heavy atom. The van der Waals surface area contributed by atoms with E-state index < -0.39 is 0 Å². The number of thioether (sulfide) groups is 1. The Morgan fingerprint density at radius 1 is 1.03 bits per heavy atom. The van der Waals surface area contributed by atoms with Gasteiger partial charge in [-0.15, -0.1) is 0 Å². The second kappa shape index (κ2) is 10.5. The maximum Gasteiger partial charge on any atom is 0.234 e. The van der Waals surface area contributed by atoms with E-state index in [1.165, 1.54) is 24.2 Å². The van der Waals surface area contributed by atoms with Crippen molar-refractivity contribution in [1.29, 1.82) is 0 Å². The third kappa shape index (κ3) is 5.37. The van der Waals surface area contributed by atoms with Crippen LogP contribution in [0.1, 0.15) is 12.5 Å². The molecule has 0 bridgehead atoms. The Kier molecular flexibility index (Phi) is 7.21. The molecule has 1 fully saturated rings. The summed E-state index contributed by atoms with van der Waals surface area (Å²) in [6.45, 7) is 4.98. The van der Waals surface area contributed by atoms with Crippen LogP contribution in [0.15, 0.2) is 66.0 Å². The number of hydrogen-bond donors (Lipinski definition) is 1. The molecule has 2 heterocycles. The van der Waals surface area contributed by atoms with Crippen molar-refractivity contribution in [3.63, 3.8) is 0 Å². The fraction of sp³-hybridized carbons (Fsp3) is 0.292. The van der Waals surface area contributed by atoms with E-state index in [4.69, 9.17) is 0 Å². The number of piperazine rings is 1. The number of para-hydroxylation sites is 2. The van der Waals surface area contributed by atoms with Crippen molar-refractivity contribution in [2.75, 3.05) is 47.0 Å². The molecule has 6 nitrogen and oxygen atoms in total. The lowest BCUT2D eigenvalue weighted by Crippen LogP contribution is -2.47. The zero-order valence-corrected chi connectivity index (χ0v) is 18.8. The van der Waals surface area contributed by atoms with Gasteiger partial charge in [-0.1, -0.05) is 49.0 Å². The van der Waals surface area contributed by atoms with Crippen LogP contribution in [0.25, 0.3) is 0 Å². The molecule has 4 rings (SSSR count). The second-order valence-corrected chi connectivity index (χ2v) is 8.48. The van der Waals surface area contributed by atoms with Crippen molar-refractivity contribution in [2.45, 2.75) is 18.4 Å². The first kappa shape index (κ1) is 22.1. The predicted octanol–water partition coefficient (Wildman–Crippen LogP) is 4.24. The minimum absolute atomic E-state index is 0.0606. The van der Waals surface area contributed by atoms with Gasteiger partial charge in [0.2, 0.25) is 5.91 Å². The average molecular weight is 452 g/mol. The van der Waals surface area contributed by atoms with Gasteiger partial charge in [0.25, 0.3) is 0 Å². The summed E-state index contributed by atoms with van der Waals surface area (Å²) in [5.74, 6) is 0.846. The molecular weight excluding hydrogens is 425 g/mol. The van der Waals surface area contributed by atoms with Gasteiger partial charge in [0.05, 0.1) is 11.4 Å². The highest BCUT2D eigenvalue weighted by Crippen LogP contribution is 2.24. The molecule has 0 spiro atoms. The molecule has 0 aliphatic carbocycles. The molecule has 1 aromatic heterocycles. The summed E-state index contributed by atoms with van der Waals surface area (Å²) in [5, 5.41) is 3.74. The Balaban J connectivity index is 1.32. The predicted molar refractivity (Wildman–Crippen MR) is 128 cm³/mol. The van der Waals surface area contributed by atoms with Crippen molar-refractivity contribution in [3.05, 3.63) is 72.3 Å². The van der Waals surface area contributed by atoms with Crippen LogP contribution in [0, 0.1) is 5.82 Å². The largest absolute Gasteiger partial charge is 0.366 e. The van der Waals surface area contributed by atoms with E-state index in [0.717, 1.165) is 41.6 Å². The van der Waals surface area contributed by atoms with E-state index in [-0.39, 0.29) is 17.5 Å². The molecule has 2 aromatic carbocycles. The van der Waals surface area contributed by atoms with Gasteiger partial charge >= 0.3 is 0 Å². The minimum atomic E-state index is -0.193. The highest BCUT2D eigenvalue weighted by atomic mass is 32.2. The topological polar surface area (TPSA) is 61.4 Å². The van der Waals surface area contributed by atoms with Gasteiger partial charge in [0.15, 0.2) is 0 Å². The van der Waals surface area contributed by atoms with Crippen LogP contribution in [-0.2, 0) is 11.2 Å². The quantitative estimate of drug-likeness (QED) is 0.428. The van der Waals surface area contributed by atoms with Crippen LogP contribution in [0.3, 0.4) is 0 Å². The van der Waals surface area contributed by atoms with Gasteiger partial charge in [-0.3, -0.25) is 4.79 Å². The summed E-state index contributed by atoms with van der Waals surface area (Å²) in [6, 6.07) is 16.6. The third-order valence-electron chi connectivity index (χ3n) is 5.45. The Morgan fingerprint density at radius 3 is 2.53 bits per heavy atom. The summed E-state index contributed by atoms with van der Waals surface area (Å²) < 4.78 is 14.1. The number of amides is 1. The molecule has 1 amide bonds. The molecule has 32 heavy (non-hydrogen) atoms. The Labute approximate surface area is 191 Å². The normalized spacial score (nSPS) is 13.8.